The van der Waals surface area contributed by atoms with Crippen LogP contribution in [-0.4, -0.2) is 52.1 Å². The molecule has 0 saturated carbocycles. The minimum Gasteiger partial charge on any atom is -0.491 e. The lowest BCUT2D eigenvalue weighted by molar-refractivity contribution is -0.134. The number of ether oxygens (including phenoxy) is 2. The quantitative estimate of drug-likeness (QED) is 0.793. The van der Waals surface area contributed by atoms with Crippen molar-refractivity contribution in [3.63, 3.8) is 0 Å². The Morgan fingerprint density at radius 3 is 2.70 bits per heavy atom. The zero-order chi connectivity index (χ0) is 19.3. The number of hydrogen-bond donors (Lipinski definition) is 1. The highest BCUT2D eigenvalue weighted by Crippen LogP contribution is 2.21. The fourth-order valence-corrected chi connectivity index (χ4v) is 4.59. The number of likely N-dealkylation sites (tertiary alicyclic amines) is 1. The number of benzene rings is 1. The Morgan fingerprint density at radius 1 is 1.22 bits per heavy atom. The van der Waals surface area contributed by atoms with E-state index in [1.54, 1.807) is 24.0 Å². The number of allylic oxidation sites excluding steroid dienone is 1. The minimum atomic E-state index is -3.41. The van der Waals surface area contributed by atoms with Crippen LogP contribution in [0.4, 0.5) is 0 Å². The number of piperidine rings is 1. The lowest BCUT2D eigenvalue weighted by atomic mass is 9.98. The van der Waals surface area contributed by atoms with Gasteiger partial charge in [0.1, 0.15) is 19.0 Å². The third-order valence-electron chi connectivity index (χ3n) is 4.76. The van der Waals surface area contributed by atoms with E-state index < -0.39 is 10.0 Å². The highest BCUT2D eigenvalue weighted by atomic mass is 32.2. The van der Waals surface area contributed by atoms with E-state index in [2.05, 4.69) is 4.72 Å². The van der Waals surface area contributed by atoms with E-state index in [0.717, 1.165) is 18.4 Å². The number of nitrogens with one attached hydrogen (secondary N) is 1. The third-order valence-corrected chi connectivity index (χ3v) is 6.08. The molecule has 27 heavy (non-hydrogen) atoms. The normalized spacial score (nSPS) is 20.8. The number of nitrogens with zero attached hydrogens (tertiary/aromatic N) is 1. The van der Waals surface area contributed by atoms with Crippen LogP contribution < -0.4 is 4.72 Å². The Bertz CT molecular complexity index is 792. The van der Waals surface area contributed by atoms with Crippen molar-refractivity contribution >= 4 is 15.9 Å². The average Bonchev–Trinajstić information content (AvgIpc) is 2.67. The van der Waals surface area contributed by atoms with Crippen molar-refractivity contribution in [3.05, 3.63) is 47.4 Å². The number of rotatable bonds is 6. The average molecular weight is 394 g/mol. The van der Waals surface area contributed by atoms with Crippen LogP contribution in [-0.2, 0) is 30.0 Å². The number of carbonyl (C=O) groups is 1. The summed E-state index contributed by atoms with van der Waals surface area (Å²) in [6.45, 7) is 4.03. The van der Waals surface area contributed by atoms with Crippen molar-refractivity contribution in [2.75, 3.05) is 32.8 Å². The van der Waals surface area contributed by atoms with Crippen molar-refractivity contribution in [2.24, 2.45) is 5.92 Å². The fourth-order valence-electron chi connectivity index (χ4n) is 3.37. The number of carbonyl (C=O) groups excluding carboxylic acids is 1. The first-order chi connectivity index (χ1) is 12.9. The van der Waals surface area contributed by atoms with Gasteiger partial charge in [-0.1, -0.05) is 30.3 Å². The second-order valence-corrected chi connectivity index (χ2v) is 8.74. The summed E-state index contributed by atoms with van der Waals surface area (Å²) >= 11 is 0. The maximum Gasteiger partial charge on any atom is 0.292 e. The standard InChI is InChI=1S/C19H26N2O5S/c1-15-18(26-11-10-25-15)19(22)21-9-5-8-17(13-21)12-20-27(23,24)14-16-6-3-2-4-7-16/h2-4,6-7,17,20H,5,8-14H2,1H3/t17-/m0/s1. The van der Waals surface area contributed by atoms with Crippen LogP contribution in [0.1, 0.15) is 25.3 Å². The van der Waals surface area contributed by atoms with Gasteiger partial charge in [0.05, 0.1) is 5.75 Å². The van der Waals surface area contributed by atoms with E-state index >= 15 is 0 Å². The predicted octanol–water partition coefficient (Wildman–Crippen LogP) is 1.62. The van der Waals surface area contributed by atoms with Crippen LogP contribution in [0, 0.1) is 5.92 Å². The zero-order valence-corrected chi connectivity index (χ0v) is 16.3. The number of amides is 1. The highest BCUT2D eigenvalue weighted by molar-refractivity contribution is 7.88. The zero-order valence-electron chi connectivity index (χ0n) is 15.5. The summed E-state index contributed by atoms with van der Waals surface area (Å²) in [5.74, 6) is 0.645. The van der Waals surface area contributed by atoms with Crippen molar-refractivity contribution < 1.29 is 22.7 Å². The van der Waals surface area contributed by atoms with E-state index in [1.807, 2.05) is 18.2 Å². The Hall–Kier alpha value is -2.06. The van der Waals surface area contributed by atoms with Crippen molar-refractivity contribution in [2.45, 2.75) is 25.5 Å². The first kappa shape index (κ1) is 19.7. The molecule has 1 aromatic carbocycles. The maximum absolute atomic E-state index is 12.7. The molecule has 0 unspecified atom stereocenters. The highest BCUT2D eigenvalue weighted by Gasteiger charge is 2.30. The molecule has 2 aliphatic rings. The van der Waals surface area contributed by atoms with Crippen LogP contribution >= 0.6 is 0 Å². The monoisotopic (exact) mass is 394 g/mol. The van der Waals surface area contributed by atoms with Gasteiger partial charge in [0.2, 0.25) is 15.8 Å². The van der Waals surface area contributed by atoms with Crippen LogP contribution in [0.15, 0.2) is 41.9 Å². The topological polar surface area (TPSA) is 84.9 Å². The molecule has 0 radical (unpaired) electrons. The summed E-state index contributed by atoms with van der Waals surface area (Å²) in [5, 5.41) is 0. The summed E-state index contributed by atoms with van der Waals surface area (Å²) in [6.07, 6.45) is 1.72. The van der Waals surface area contributed by atoms with E-state index in [0.29, 0.717) is 38.6 Å². The van der Waals surface area contributed by atoms with Crippen molar-refractivity contribution in [1.29, 1.82) is 0 Å². The number of hydrogen-bond acceptors (Lipinski definition) is 5. The summed E-state index contributed by atoms with van der Waals surface area (Å²) in [5.41, 5.74) is 0.752. The molecule has 1 fully saturated rings. The molecule has 1 saturated heterocycles. The molecule has 0 aromatic heterocycles. The van der Waals surface area contributed by atoms with Gasteiger partial charge >= 0.3 is 0 Å². The summed E-state index contributed by atoms with van der Waals surface area (Å²) < 4.78 is 38.2. The smallest absolute Gasteiger partial charge is 0.292 e. The van der Waals surface area contributed by atoms with Crippen molar-refractivity contribution in [3.8, 4) is 0 Å². The Kier molecular flexibility index (Phi) is 6.38. The summed E-state index contributed by atoms with van der Waals surface area (Å²) in [4.78, 5) is 14.4. The van der Waals surface area contributed by atoms with Gasteiger partial charge in [-0.25, -0.2) is 13.1 Å². The molecule has 8 heteroatoms. The van der Waals surface area contributed by atoms with Gasteiger partial charge in [-0.3, -0.25) is 4.79 Å². The fraction of sp³-hybridized carbons (Fsp3) is 0.526. The van der Waals surface area contributed by atoms with Crippen LogP contribution in [0.2, 0.25) is 0 Å². The summed E-state index contributed by atoms with van der Waals surface area (Å²) in [6, 6.07) is 9.09. The maximum atomic E-state index is 12.7. The first-order valence-electron chi connectivity index (χ1n) is 9.21. The Morgan fingerprint density at radius 2 is 1.96 bits per heavy atom. The Balaban J connectivity index is 1.54. The minimum absolute atomic E-state index is 0.0412. The van der Waals surface area contributed by atoms with Gasteiger partial charge in [0.25, 0.3) is 5.91 Å². The van der Waals surface area contributed by atoms with E-state index in [1.165, 1.54) is 0 Å². The van der Waals surface area contributed by atoms with Gasteiger partial charge in [0, 0.05) is 19.6 Å². The van der Waals surface area contributed by atoms with E-state index in [-0.39, 0.29) is 23.3 Å². The molecule has 7 nitrogen and oxygen atoms in total. The molecule has 3 rings (SSSR count). The summed E-state index contributed by atoms with van der Waals surface area (Å²) in [7, 11) is -3.41. The van der Waals surface area contributed by atoms with Crippen LogP contribution in [0.3, 0.4) is 0 Å². The molecular formula is C19H26N2O5S. The van der Waals surface area contributed by atoms with Gasteiger partial charge in [-0.2, -0.15) is 0 Å². The van der Waals surface area contributed by atoms with Gasteiger partial charge < -0.3 is 14.4 Å². The Labute approximate surface area is 160 Å². The molecular weight excluding hydrogens is 368 g/mol. The third kappa shape index (κ3) is 5.46. The van der Waals surface area contributed by atoms with Gasteiger partial charge in [-0.15, -0.1) is 0 Å². The molecule has 1 amide bonds. The molecule has 0 aliphatic carbocycles. The van der Waals surface area contributed by atoms with Gasteiger partial charge in [-0.05, 0) is 31.2 Å². The van der Waals surface area contributed by atoms with Crippen LogP contribution in [0.25, 0.3) is 0 Å². The predicted molar refractivity (Wildman–Crippen MR) is 101 cm³/mol. The van der Waals surface area contributed by atoms with E-state index in [4.69, 9.17) is 9.47 Å². The van der Waals surface area contributed by atoms with Crippen LogP contribution in [0.5, 0.6) is 0 Å². The number of sulfonamides is 1. The largest absolute Gasteiger partial charge is 0.491 e. The van der Waals surface area contributed by atoms with E-state index in [9.17, 15) is 13.2 Å². The lowest BCUT2D eigenvalue weighted by Gasteiger charge is -2.34. The molecule has 1 atom stereocenters. The van der Waals surface area contributed by atoms with Crippen molar-refractivity contribution in [1.82, 2.24) is 9.62 Å². The molecule has 0 bridgehead atoms. The molecule has 0 spiro atoms. The molecule has 2 aliphatic heterocycles. The molecule has 2 heterocycles. The van der Waals surface area contributed by atoms with Gasteiger partial charge in [0.15, 0.2) is 0 Å². The second-order valence-electron chi connectivity index (χ2n) is 6.93. The lowest BCUT2D eigenvalue weighted by Crippen LogP contribution is -2.45. The molecule has 1 N–H and O–H groups in total. The SMILES string of the molecule is CC1=C(C(=O)N2CCC[C@@H](CNS(=O)(=O)Cc3ccccc3)C2)OCCO1. The molecule has 148 valence electrons. The second kappa shape index (κ2) is 8.75. The molecule has 1 aromatic rings. The first-order valence-corrected chi connectivity index (χ1v) is 10.9.